The summed E-state index contributed by atoms with van der Waals surface area (Å²) in [7, 11) is 0. The van der Waals surface area contributed by atoms with Crippen LogP contribution in [0.1, 0.15) is 37.7 Å². The van der Waals surface area contributed by atoms with Crippen LogP contribution in [-0.2, 0) is 20.6 Å². The van der Waals surface area contributed by atoms with Crippen molar-refractivity contribution in [2.45, 2.75) is 44.3 Å². The molecule has 0 spiro atoms. The highest BCUT2D eigenvalue weighted by Gasteiger charge is 2.67. The number of anilines is 1. The zero-order valence-electron chi connectivity index (χ0n) is 18.2. The zero-order chi connectivity index (χ0) is 23.9. The summed E-state index contributed by atoms with van der Waals surface area (Å²) in [6.45, 7) is 0. The Kier molecular flexibility index (Phi) is 4.93. The topological polar surface area (TPSA) is 66.5 Å². The lowest BCUT2D eigenvalue weighted by Gasteiger charge is -2.37. The van der Waals surface area contributed by atoms with Crippen LogP contribution in [0, 0.1) is 41.4 Å². The number of nitrogens with zero attached hydrogens (tertiary/aromatic N) is 1. The first-order valence-electron chi connectivity index (χ1n) is 11.9. The zero-order valence-corrected chi connectivity index (χ0v) is 19.0. The highest BCUT2D eigenvalue weighted by Crippen LogP contribution is 2.65. The number of hydrogen-bond acceptors (Lipinski definition) is 3. The number of carbonyl (C=O) groups excluding carboxylic acids is 3. The van der Waals surface area contributed by atoms with Crippen molar-refractivity contribution in [2.24, 2.45) is 41.4 Å². The molecule has 1 aliphatic heterocycles. The van der Waals surface area contributed by atoms with Crippen LogP contribution in [0.5, 0.6) is 0 Å². The molecule has 1 N–H and O–H groups in total. The Balaban J connectivity index is 1.11. The lowest BCUT2D eigenvalue weighted by molar-refractivity contribution is -0.144. The summed E-state index contributed by atoms with van der Waals surface area (Å²) >= 11 is 6.00. The van der Waals surface area contributed by atoms with E-state index in [-0.39, 0.29) is 52.2 Å². The summed E-state index contributed by atoms with van der Waals surface area (Å²) in [5.74, 6) is 0.0983. The molecule has 1 heterocycles. The lowest BCUT2D eigenvalue weighted by atomic mass is 9.63. The van der Waals surface area contributed by atoms with E-state index in [4.69, 9.17) is 11.6 Å². The van der Waals surface area contributed by atoms with Crippen molar-refractivity contribution in [3.63, 3.8) is 0 Å². The molecule has 1 saturated heterocycles. The van der Waals surface area contributed by atoms with Crippen LogP contribution in [0.3, 0.4) is 0 Å². The van der Waals surface area contributed by atoms with Gasteiger partial charge in [0, 0.05) is 12.0 Å². The van der Waals surface area contributed by atoms with Gasteiger partial charge in [-0.25, -0.2) is 0 Å². The second-order valence-electron chi connectivity index (χ2n) is 10.4. The van der Waals surface area contributed by atoms with E-state index in [2.05, 4.69) is 17.5 Å². The van der Waals surface area contributed by atoms with Gasteiger partial charge in [-0.2, -0.15) is 13.2 Å². The fourth-order valence-corrected chi connectivity index (χ4v) is 7.13. The van der Waals surface area contributed by atoms with Gasteiger partial charge < -0.3 is 5.32 Å². The molecule has 7 rings (SSSR count). The maximum atomic E-state index is 13.3. The summed E-state index contributed by atoms with van der Waals surface area (Å²) in [5, 5.41) is 2.57. The Labute approximate surface area is 199 Å². The standard InChI is InChI=1S/C25H24ClF3N2O3/c26-18-8-3-12(25(27,28)29)9-19(18)30-22(32)11-1-4-13(5-2-11)31-23(33)20-14-6-7-15(17-10-16(14)17)21(20)24(31)34/h3,6-9,11,13-17,20-21H,1-2,4-5,10H2,(H,30,32)/t11?,13?,14-,15-,16-,17-,20-,21+/m1/s1. The molecule has 6 atom stereocenters. The SMILES string of the molecule is O=C(Nc1cc(C(F)(F)F)ccc1Cl)C1CCC(N2C(=O)[C@@H]3[C@@H]4C=C[C@H]([C@H]5C[C@H]45)[C@@H]3C2=O)CC1. The molecule has 180 valence electrons. The number of allylic oxidation sites excluding steroid dienone is 2. The number of amides is 3. The number of benzene rings is 1. The Morgan fingerprint density at radius 2 is 1.56 bits per heavy atom. The molecule has 0 radical (unpaired) electrons. The number of carbonyl (C=O) groups is 3. The molecule has 0 aromatic heterocycles. The van der Waals surface area contributed by atoms with Crippen molar-refractivity contribution < 1.29 is 27.6 Å². The van der Waals surface area contributed by atoms with Gasteiger partial charge in [-0.1, -0.05) is 23.8 Å². The molecule has 2 bridgehead atoms. The third-order valence-corrected chi connectivity index (χ3v) is 9.01. The number of rotatable bonds is 3. The van der Waals surface area contributed by atoms with Gasteiger partial charge in [-0.05, 0) is 74.0 Å². The van der Waals surface area contributed by atoms with E-state index in [1.807, 2.05) is 0 Å². The van der Waals surface area contributed by atoms with E-state index in [0.29, 0.717) is 37.5 Å². The second-order valence-corrected chi connectivity index (χ2v) is 10.8. The minimum atomic E-state index is -4.54. The summed E-state index contributed by atoms with van der Waals surface area (Å²) in [6, 6.07) is 2.60. The van der Waals surface area contributed by atoms with Crippen molar-refractivity contribution in [3.8, 4) is 0 Å². The summed E-state index contributed by atoms with van der Waals surface area (Å²) in [6.07, 6.45) is 2.81. The summed E-state index contributed by atoms with van der Waals surface area (Å²) in [5.41, 5.74) is -0.955. The van der Waals surface area contributed by atoms with Crippen LogP contribution in [0.4, 0.5) is 18.9 Å². The van der Waals surface area contributed by atoms with Gasteiger partial charge in [0.15, 0.2) is 0 Å². The maximum absolute atomic E-state index is 13.3. The van der Waals surface area contributed by atoms with Crippen LogP contribution in [0.2, 0.25) is 5.02 Å². The van der Waals surface area contributed by atoms with E-state index in [1.54, 1.807) is 0 Å². The van der Waals surface area contributed by atoms with Gasteiger partial charge in [0.25, 0.3) is 0 Å². The number of alkyl halides is 3. The normalized spacial score (nSPS) is 38.1. The van der Waals surface area contributed by atoms with Crippen LogP contribution in [0.25, 0.3) is 0 Å². The minimum Gasteiger partial charge on any atom is -0.325 e. The van der Waals surface area contributed by atoms with E-state index in [9.17, 15) is 27.6 Å². The number of imide groups is 1. The monoisotopic (exact) mass is 492 g/mol. The van der Waals surface area contributed by atoms with Crippen molar-refractivity contribution in [1.82, 2.24) is 4.90 Å². The van der Waals surface area contributed by atoms with Gasteiger partial charge in [-0.3, -0.25) is 19.3 Å². The second kappa shape index (κ2) is 7.57. The number of nitrogens with one attached hydrogen (secondary N) is 1. The van der Waals surface area contributed by atoms with Crippen LogP contribution in [-0.4, -0.2) is 28.7 Å². The predicted octanol–water partition coefficient (Wildman–Crippen LogP) is 4.91. The van der Waals surface area contributed by atoms with Crippen molar-refractivity contribution in [3.05, 3.63) is 40.9 Å². The molecule has 9 heteroatoms. The summed E-state index contributed by atoms with van der Waals surface area (Å²) in [4.78, 5) is 40.9. The van der Waals surface area contributed by atoms with Gasteiger partial charge >= 0.3 is 6.18 Å². The van der Waals surface area contributed by atoms with Crippen LogP contribution in [0.15, 0.2) is 30.4 Å². The molecule has 5 nitrogen and oxygen atoms in total. The molecule has 3 amide bonds. The van der Waals surface area contributed by atoms with Crippen LogP contribution < -0.4 is 5.32 Å². The highest BCUT2D eigenvalue weighted by atomic mass is 35.5. The van der Waals surface area contributed by atoms with Crippen molar-refractivity contribution in [1.29, 1.82) is 0 Å². The molecule has 4 fully saturated rings. The predicted molar refractivity (Wildman–Crippen MR) is 117 cm³/mol. The minimum absolute atomic E-state index is 0.0344. The average molecular weight is 493 g/mol. The van der Waals surface area contributed by atoms with Gasteiger partial charge in [0.1, 0.15) is 0 Å². The molecule has 1 aromatic carbocycles. The first-order chi connectivity index (χ1) is 16.1. The molecule has 3 saturated carbocycles. The lowest BCUT2D eigenvalue weighted by Crippen LogP contribution is -2.44. The van der Waals surface area contributed by atoms with Crippen molar-refractivity contribution >= 4 is 35.0 Å². The quantitative estimate of drug-likeness (QED) is 0.481. The largest absolute Gasteiger partial charge is 0.416 e. The Morgan fingerprint density at radius 1 is 0.971 bits per heavy atom. The first-order valence-corrected chi connectivity index (χ1v) is 12.3. The summed E-state index contributed by atoms with van der Waals surface area (Å²) < 4.78 is 39.0. The Bertz CT molecular complexity index is 1080. The van der Waals surface area contributed by atoms with E-state index >= 15 is 0 Å². The highest BCUT2D eigenvalue weighted by molar-refractivity contribution is 6.33. The van der Waals surface area contributed by atoms with E-state index in [1.165, 1.54) is 4.90 Å². The van der Waals surface area contributed by atoms with E-state index < -0.39 is 23.6 Å². The van der Waals surface area contributed by atoms with E-state index in [0.717, 1.165) is 24.6 Å². The smallest absolute Gasteiger partial charge is 0.325 e. The van der Waals surface area contributed by atoms with Crippen molar-refractivity contribution in [2.75, 3.05) is 5.32 Å². The van der Waals surface area contributed by atoms with Gasteiger partial charge in [0.2, 0.25) is 17.7 Å². The fourth-order valence-electron chi connectivity index (χ4n) is 6.97. The molecule has 34 heavy (non-hydrogen) atoms. The molecule has 5 aliphatic carbocycles. The number of halogens is 4. The molecular formula is C25H24ClF3N2O3. The molecule has 1 aromatic rings. The Morgan fingerprint density at radius 3 is 2.12 bits per heavy atom. The van der Waals surface area contributed by atoms with Crippen LogP contribution >= 0.6 is 11.6 Å². The third-order valence-electron chi connectivity index (χ3n) is 8.68. The number of likely N-dealkylation sites (tertiary alicyclic amines) is 1. The maximum Gasteiger partial charge on any atom is 0.416 e. The number of hydrogen-bond donors (Lipinski definition) is 1. The average Bonchev–Trinajstić information content (AvgIpc) is 3.58. The first kappa shape index (κ1) is 22.1. The molecule has 0 unspecified atom stereocenters. The molecular weight excluding hydrogens is 469 g/mol. The van der Waals surface area contributed by atoms with Gasteiger partial charge in [-0.15, -0.1) is 0 Å². The molecule has 6 aliphatic rings. The fraction of sp³-hybridized carbons (Fsp3) is 0.560. The Hall–Kier alpha value is -2.35. The third kappa shape index (κ3) is 3.32. The van der Waals surface area contributed by atoms with Gasteiger partial charge in [0.05, 0.1) is 28.1 Å².